The zero-order valence-corrected chi connectivity index (χ0v) is 48.0. The molecule has 0 spiro atoms. The molecule has 10 rings (SSSR count). The number of hydrogen-bond donors (Lipinski definition) is 0. The van der Waals surface area contributed by atoms with Crippen molar-refractivity contribution in [3.8, 4) is 0 Å². The quantitative estimate of drug-likeness (QED) is 0.142. The zero-order chi connectivity index (χ0) is 46.9. The van der Waals surface area contributed by atoms with Crippen molar-refractivity contribution in [3.63, 3.8) is 0 Å². The molecule has 0 unspecified atom stereocenters. The van der Waals surface area contributed by atoms with Gasteiger partial charge in [-0.2, -0.15) is 0 Å². The normalized spacial score (nSPS) is 15.4. The molecule has 0 aromatic heterocycles. The molecule has 0 saturated carbocycles. The van der Waals surface area contributed by atoms with Crippen LogP contribution in [0, 0.1) is 0 Å². The van der Waals surface area contributed by atoms with E-state index in [1.165, 1.54) is 53.4 Å². The van der Waals surface area contributed by atoms with Crippen molar-refractivity contribution in [2.24, 2.45) is 0 Å². The van der Waals surface area contributed by atoms with Gasteiger partial charge in [0, 0.05) is 0 Å². The maximum absolute atomic E-state index is 8.43. The van der Waals surface area contributed by atoms with Gasteiger partial charge in [0.15, 0.2) is 0 Å². The Kier molecular flexibility index (Phi) is 15.7. The van der Waals surface area contributed by atoms with Gasteiger partial charge in [0.1, 0.15) is 0 Å². The largest absolute Gasteiger partial charge is 1.00 e. The van der Waals surface area contributed by atoms with Gasteiger partial charge in [-0.3, -0.25) is 0 Å². The number of benzene rings is 8. The van der Waals surface area contributed by atoms with Crippen molar-refractivity contribution in [2.45, 2.75) is 58.9 Å². The molecule has 0 N–H and O–H groups in total. The first-order valence-corrected chi connectivity index (χ1v) is 36.8. The van der Waals surface area contributed by atoms with E-state index in [1.54, 1.807) is 0 Å². The van der Waals surface area contributed by atoms with E-state index < -0.39 is 43.5 Å². The monoisotopic (exact) mass is 1080 g/mol. The van der Waals surface area contributed by atoms with Crippen LogP contribution in [0.15, 0.2) is 242 Å². The zero-order valence-electron chi connectivity index (χ0n) is 40.9. The average molecular weight is 1080 g/mol. The smallest absolute Gasteiger partial charge is 1.00 e. The molecule has 2 aliphatic rings. The fraction of sp³-hybridized carbons (Fsp3) is 0.161. The van der Waals surface area contributed by atoms with Crippen LogP contribution in [0.3, 0.4) is 0 Å². The number of fused-ring (bicyclic) bond motifs is 2. The summed E-state index contributed by atoms with van der Waals surface area (Å²) in [6.45, 7) is 14.5. The second-order valence-corrected chi connectivity index (χ2v) is 44.6. The fourth-order valence-corrected chi connectivity index (χ4v) is 47.7. The maximum Gasteiger partial charge on any atom is -1.00 e. The molecule has 8 aromatic carbocycles. The molecule has 2 atom stereocenters. The molecule has 2 aliphatic carbocycles. The van der Waals surface area contributed by atoms with Gasteiger partial charge in [0.25, 0.3) is 0 Å². The van der Waals surface area contributed by atoms with E-state index in [2.05, 4.69) is 284 Å². The van der Waals surface area contributed by atoms with Crippen molar-refractivity contribution in [1.82, 2.24) is 0 Å². The molecule has 0 aliphatic heterocycles. The van der Waals surface area contributed by atoms with Crippen molar-refractivity contribution in [1.29, 1.82) is 0 Å². The molecule has 8 heteroatoms. The molecule has 0 heterocycles. The molecule has 2 nitrogen and oxygen atoms in total. The molecule has 0 fully saturated rings. The van der Waals surface area contributed by atoms with E-state index in [1.807, 2.05) is 0 Å². The second kappa shape index (κ2) is 21.4. The molecule has 351 valence electrons. The summed E-state index contributed by atoms with van der Waals surface area (Å²) in [5, 5.41) is 7.73. The average Bonchev–Trinajstić information content (AvgIpc) is 3.92. The van der Waals surface area contributed by atoms with Crippen LogP contribution in [-0.4, -0.2) is 22.6 Å². The topological polar surface area (TPSA) is 18.5 Å². The van der Waals surface area contributed by atoms with E-state index in [0.717, 1.165) is 11.5 Å². The van der Waals surface area contributed by atoms with E-state index in [4.69, 9.17) is 8.85 Å². The minimum atomic E-state index is -3.36. The molecule has 0 radical (unpaired) electrons. The third kappa shape index (κ3) is 9.33. The van der Waals surface area contributed by atoms with Crippen LogP contribution in [0.1, 0.15) is 71.0 Å². The Hall–Kier alpha value is -5.05. The second-order valence-electron chi connectivity index (χ2n) is 20.5. The van der Waals surface area contributed by atoms with Crippen LogP contribution in [0.25, 0.3) is 12.2 Å². The Morgan fingerprint density at radius 3 is 0.900 bits per heavy atom. The van der Waals surface area contributed by atoms with Crippen molar-refractivity contribution in [2.75, 3.05) is 0 Å². The van der Waals surface area contributed by atoms with E-state index in [-0.39, 0.29) is 42.1 Å². The molecule has 0 saturated heterocycles. The summed E-state index contributed by atoms with van der Waals surface area (Å²) < 4.78 is 17.0. The molecule has 0 amide bonds. The maximum atomic E-state index is 8.43. The summed E-state index contributed by atoms with van der Waals surface area (Å²) in [7, 11) is -6.15. The number of hydrogen-bond acceptors (Lipinski definition) is 2. The van der Waals surface area contributed by atoms with Crippen LogP contribution in [-0.2, 0) is 29.8 Å². The molecule has 70 heavy (non-hydrogen) atoms. The molecular formula is C62H61Cl2O2Si3Zr. The van der Waals surface area contributed by atoms with Gasteiger partial charge >= 0.3 is 419 Å². The van der Waals surface area contributed by atoms with Crippen molar-refractivity contribution in [3.05, 3.63) is 264 Å². The van der Waals surface area contributed by atoms with Gasteiger partial charge in [-0.25, -0.2) is 0 Å². The van der Waals surface area contributed by atoms with Crippen LogP contribution in [0.5, 0.6) is 0 Å². The summed E-state index contributed by atoms with van der Waals surface area (Å²) in [6, 6.07) is 86.6. The van der Waals surface area contributed by atoms with Gasteiger partial charge in [-0.1, -0.05) is 0 Å². The first kappa shape index (κ1) is 51.3. The molecule has 0 bridgehead atoms. The van der Waals surface area contributed by atoms with E-state index >= 15 is 0 Å². The summed E-state index contributed by atoms with van der Waals surface area (Å²) in [5.41, 5.74) is 5.38. The van der Waals surface area contributed by atoms with Crippen molar-refractivity contribution >= 4 is 65.8 Å². The Balaban J connectivity index is 0.00000329. The van der Waals surface area contributed by atoms with E-state index in [0.29, 0.717) is 0 Å². The van der Waals surface area contributed by atoms with Gasteiger partial charge < -0.3 is 24.8 Å². The van der Waals surface area contributed by atoms with Crippen molar-refractivity contribution < 1.29 is 54.6 Å². The first-order valence-electron chi connectivity index (χ1n) is 24.2. The summed E-state index contributed by atoms with van der Waals surface area (Å²) in [6.07, 6.45) is 4.93. The Morgan fingerprint density at radius 2 is 0.614 bits per heavy atom. The molecule has 8 aromatic rings. The van der Waals surface area contributed by atoms with Crippen LogP contribution in [0.2, 0.25) is 10.1 Å². The van der Waals surface area contributed by atoms with Crippen LogP contribution in [0.4, 0.5) is 0 Å². The van der Waals surface area contributed by atoms with E-state index in [9.17, 15) is 0 Å². The third-order valence-corrected chi connectivity index (χ3v) is 47.1. The Labute approximate surface area is 439 Å². The standard InChI is InChI=1S/2C25H25OSi.C12H11Si.2ClH.Zr/c2*1-25(2,3)27(23-14-6-4-7-15-23,24-16-8-5-9-17-24)26-22-18-20-12-10-11-13-21(20)19-22;1-3-7-11(8-4-1)13-12-9-5-2-6-10-12;;;/h2*4-19H,1-3H3;1-10,13H;2*1H;/q;;;;;+2/p-2. The van der Waals surface area contributed by atoms with Gasteiger partial charge in [0.2, 0.25) is 0 Å². The predicted molar refractivity (Wildman–Crippen MR) is 291 cm³/mol. The fourth-order valence-electron chi connectivity index (χ4n) is 11.5. The van der Waals surface area contributed by atoms with Gasteiger partial charge in [-0.05, 0) is 0 Å². The minimum Gasteiger partial charge on any atom is -1.00 e. The number of allylic oxidation sites excluding steroid dienone is 2. The van der Waals surface area contributed by atoms with Crippen LogP contribution < -0.4 is 55.9 Å². The predicted octanol–water partition coefficient (Wildman–Crippen LogP) is 5.50. The summed E-state index contributed by atoms with van der Waals surface area (Å²) in [4.78, 5) is 0. The number of rotatable bonds is 13. The summed E-state index contributed by atoms with van der Waals surface area (Å²) >= 11 is -3.36. The molecular weight excluding hydrogens is 1020 g/mol. The SMILES string of the molecule is CC(C)(C)[Si](OC1=Cc2ccccc2[C@@H]1[Zr+2]([C@H]1C(O[Si](c2ccccc2)(c2ccccc2)C(C)(C)C)=Cc2ccccc21)[SiH](c1ccccc1)c1ccccc1)(c1ccccc1)c1ccccc1.[Cl-].[Cl-]. The Morgan fingerprint density at radius 1 is 0.357 bits per heavy atom. The first-order chi connectivity index (χ1) is 33.0. The minimum absolute atomic E-state index is 0. The van der Waals surface area contributed by atoms with Gasteiger partial charge in [0.05, 0.1) is 0 Å². The summed E-state index contributed by atoms with van der Waals surface area (Å²) in [5.74, 6) is 0.198. The Bertz CT molecular complexity index is 2770. The van der Waals surface area contributed by atoms with Crippen LogP contribution >= 0.6 is 0 Å². The number of halogens is 2. The third-order valence-electron chi connectivity index (χ3n) is 14.4. The van der Waals surface area contributed by atoms with Gasteiger partial charge in [-0.15, -0.1) is 0 Å².